The molecule has 11 heterocycles. The van der Waals surface area contributed by atoms with Gasteiger partial charge in [-0.25, -0.2) is 29.9 Å². The molecule has 17 rings (SSSR count). The van der Waals surface area contributed by atoms with Gasteiger partial charge in [0.1, 0.15) is 49.4 Å². The van der Waals surface area contributed by atoms with E-state index in [0.717, 1.165) is 89.6 Å². The Kier molecular flexibility index (Phi) is 18.2. The molecule has 16 bridgehead atoms. The van der Waals surface area contributed by atoms with Crippen LogP contribution in [0.5, 0.6) is 23.0 Å². The second-order valence-electron chi connectivity index (χ2n) is 20.4. The van der Waals surface area contributed by atoms with Crippen molar-refractivity contribution in [2.75, 3.05) is 132 Å². The number of hydrogen-bond acceptors (Lipinski definition) is 18. The molecule has 86 heavy (non-hydrogen) atoms. The van der Waals surface area contributed by atoms with Gasteiger partial charge >= 0.3 is 0 Å². The fourth-order valence-corrected chi connectivity index (χ4v) is 10.4. The third-order valence-corrected chi connectivity index (χ3v) is 14.8. The summed E-state index contributed by atoms with van der Waals surface area (Å²) in [4.78, 5) is 32.9. The molecule has 0 amide bonds. The highest BCUT2D eigenvalue weighted by Crippen LogP contribution is 2.40. The summed E-state index contributed by atoms with van der Waals surface area (Å²) in [6.45, 7) is 8.86. The molecule has 0 saturated heterocycles. The molecule has 18 heteroatoms. The first kappa shape index (κ1) is 56.6. The quantitative estimate of drug-likeness (QED) is 0.103. The third kappa shape index (κ3) is 13.3. The summed E-state index contributed by atoms with van der Waals surface area (Å²) in [6.07, 6.45) is 0. The Balaban J connectivity index is 0.917. The van der Waals surface area contributed by atoms with E-state index in [0.29, 0.717) is 176 Å². The van der Waals surface area contributed by atoms with Gasteiger partial charge in [-0.3, -0.25) is 0 Å². The van der Waals surface area contributed by atoms with Crippen LogP contribution in [0.1, 0.15) is 0 Å². The van der Waals surface area contributed by atoms with E-state index in [4.69, 9.17) is 86.7 Å². The summed E-state index contributed by atoms with van der Waals surface area (Å²) in [5.41, 5.74) is 12.2. The summed E-state index contributed by atoms with van der Waals surface area (Å²) in [7, 11) is 0. The van der Waals surface area contributed by atoms with E-state index in [9.17, 15) is 0 Å². The monoisotopic (exact) mass is 1160 g/mol. The summed E-state index contributed by atoms with van der Waals surface area (Å²) in [6, 6.07) is 48.1. The van der Waals surface area contributed by atoms with Crippen LogP contribution in [-0.4, -0.2) is 162 Å². The van der Waals surface area contributed by atoms with Gasteiger partial charge < -0.3 is 56.8 Å². The van der Waals surface area contributed by atoms with Gasteiger partial charge in [0.25, 0.3) is 0 Å². The average Bonchev–Trinajstić information content (AvgIpc) is 0.967. The second-order valence-corrected chi connectivity index (χ2v) is 20.4. The first-order valence-electron chi connectivity index (χ1n) is 29.2. The first-order chi connectivity index (χ1) is 42.7. The molecule has 18 nitrogen and oxygen atoms in total. The molecule has 0 N–H and O–H groups in total. The SMILES string of the molecule is c1cc2ccc1OCCOCCOCCOCCOCCOc1ccc(cc1)-c1ccc3c(n1)c1nc-2ccc1c1nc2c4ccc5nc4c4nc(ccc4c2nc31)-c1ccc(cc1)OCCOCCOCCOCCOCCOc1ccc-5cc1. The van der Waals surface area contributed by atoms with Crippen molar-refractivity contribution >= 4 is 65.7 Å². The molecule has 6 aliphatic heterocycles. The fraction of sp³-hybridized carbons (Fsp3) is 0.294. The molecule has 0 radical (unpaired) electrons. The normalized spacial score (nSPS) is 16.4. The zero-order valence-corrected chi connectivity index (χ0v) is 47.6. The number of rotatable bonds is 0. The zero-order chi connectivity index (χ0) is 57.7. The second kappa shape index (κ2) is 27.6. The molecular formula is C68H64N6O12. The maximum absolute atomic E-state index is 6.05. The van der Waals surface area contributed by atoms with Gasteiger partial charge in [0.05, 0.1) is 173 Å². The molecule has 438 valence electrons. The standard InChI is InChI=1S/C68H64N6O12/c1-9-49-10-2-45(1)57-21-17-53-61(69-57)62-54(18-22-58(70-62)46-3-11-50(12-4-46)84-42-38-80-34-30-76-26-25-75-29-33-79-37-41-83-49)66-65(53)73-67-55-19-23-59-47-5-13-51(14-6-47)85-43-39-81-35-31-77-27-28-78-32-36-82-40-44-86-52-15-7-48(8-16-52)60-24-20-56(68(67)74-66)64(72-60)63(55)71-59/h1-24H,25-44H2. The molecule has 6 aliphatic rings. The molecule has 11 aromatic rings. The minimum Gasteiger partial charge on any atom is -0.491 e. The lowest BCUT2D eigenvalue weighted by atomic mass is 10.0. The highest BCUT2D eigenvalue weighted by molar-refractivity contribution is 6.26. The smallest absolute Gasteiger partial charge is 0.119 e. The number of pyridine rings is 4. The lowest BCUT2D eigenvalue weighted by molar-refractivity contribution is -0.00698. The van der Waals surface area contributed by atoms with Crippen molar-refractivity contribution in [1.82, 2.24) is 29.9 Å². The van der Waals surface area contributed by atoms with Crippen LogP contribution >= 0.6 is 0 Å². The maximum atomic E-state index is 6.05. The summed E-state index contributed by atoms with van der Waals surface area (Å²) < 4.78 is 69.8. The van der Waals surface area contributed by atoms with E-state index in [2.05, 4.69) is 24.3 Å². The third-order valence-electron chi connectivity index (χ3n) is 14.8. The van der Waals surface area contributed by atoms with Crippen LogP contribution in [-0.2, 0) is 37.9 Å². The molecule has 0 atom stereocenters. The maximum Gasteiger partial charge on any atom is 0.119 e. The minimum atomic E-state index is 0.393. The van der Waals surface area contributed by atoms with E-state index in [1.165, 1.54) is 0 Å². The van der Waals surface area contributed by atoms with Gasteiger partial charge in [0.2, 0.25) is 0 Å². The minimum absolute atomic E-state index is 0.393. The molecule has 0 fully saturated rings. The zero-order valence-electron chi connectivity index (χ0n) is 47.6. The van der Waals surface area contributed by atoms with Gasteiger partial charge in [0, 0.05) is 43.8 Å². The van der Waals surface area contributed by atoms with E-state index >= 15 is 0 Å². The van der Waals surface area contributed by atoms with Crippen LogP contribution in [0.4, 0.5) is 0 Å². The van der Waals surface area contributed by atoms with Crippen LogP contribution in [0.15, 0.2) is 146 Å². The van der Waals surface area contributed by atoms with Crippen molar-refractivity contribution in [2.45, 2.75) is 0 Å². The van der Waals surface area contributed by atoms with Crippen molar-refractivity contribution in [2.24, 2.45) is 0 Å². The van der Waals surface area contributed by atoms with Gasteiger partial charge in [-0.2, -0.15) is 0 Å². The predicted octanol–water partition coefficient (Wildman–Crippen LogP) is 11.3. The van der Waals surface area contributed by atoms with Crippen LogP contribution in [0.2, 0.25) is 0 Å². The number of hydrogen-bond donors (Lipinski definition) is 0. The van der Waals surface area contributed by atoms with Crippen LogP contribution in [0, 0.1) is 0 Å². The molecule has 0 saturated carbocycles. The molecular weight excluding hydrogens is 1090 g/mol. The van der Waals surface area contributed by atoms with Crippen LogP contribution in [0.3, 0.4) is 0 Å². The molecule has 0 spiro atoms. The van der Waals surface area contributed by atoms with Crippen molar-refractivity contribution in [3.63, 3.8) is 0 Å². The van der Waals surface area contributed by atoms with E-state index in [1.54, 1.807) is 0 Å². The summed E-state index contributed by atoms with van der Waals surface area (Å²) >= 11 is 0. The van der Waals surface area contributed by atoms with E-state index in [1.807, 2.05) is 121 Å². The Morgan fingerprint density at radius 2 is 0.349 bits per heavy atom. The Bertz CT molecular complexity index is 3580. The lowest BCUT2D eigenvalue weighted by Gasteiger charge is -2.15. The average molecular weight is 1160 g/mol. The lowest BCUT2D eigenvalue weighted by Crippen LogP contribution is -2.14. The summed E-state index contributed by atoms with van der Waals surface area (Å²) in [5.74, 6) is 2.89. The van der Waals surface area contributed by atoms with Crippen molar-refractivity contribution in [3.8, 4) is 68.0 Å². The molecule has 6 aromatic carbocycles. The van der Waals surface area contributed by atoms with Crippen molar-refractivity contribution in [3.05, 3.63) is 146 Å². The number of benzene rings is 6. The topological polar surface area (TPSA) is 188 Å². The fourth-order valence-electron chi connectivity index (χ4n) is 10.4. The Labute approximate surface area is 496 Å². The number of ether oxygens (including phenoxy) is 12. The van der Waals surface area contributed by atoms with E-state index in [-0.39, 0.29) is 0 Å². The van der Waals surface area contributed by atoms with Gasteiger partial charge in [-0.1, -0.05) is 0 Å². The van der Waals surface area contributed by atoms with Crippen LogP contribution < -0.4 is 18.9 Å². The first-order valence-corrected chi connectivity index (χ1v) is 29.2. The largest absolute Gasteiger partial charge is 0.491 e. The van der Waals surface area contributed by atoms with Gasteiger partial charge in [0.15, 0.2) is 0 Å². The van der Waals surface area contributed by atoms with Gasteiger partial charge in [-0.15, -0.1) is 0 Å². The molecule has 0 unspecified atom stereocenters. The predicted molar refractivity (Wildman–Crippen MR) is 329 cm³/mol. The molecule has 0 aliphatic carbocycles. The van der Waals surface area contributed by atoms with Crippen molar-refractivity contribution < 1.29 is 56.8 Å². The highest BCUT2D eigenvalue weighted by atomic mass is 16.6. The number of nitrogens with zero attached hydrogens (tertiary/aromatic N) is 6. The number of fused-ring (bicyclic) bond motifs is 10. The Morgan fingerprint density at radius 3 is 0.547 bits per heavy atom. The van der Waals surface area contributed by atoms with Crippen molar-refractivity contribution in [1.29, 1.82) is 0 Å². The molecule has 5 aromatic heterocycles. The highest BCUT2D eigenvalue weighted by Gasteiger charge is 2.22. The Morgan fingerprint density at radius 1 is 0.174 bits per heavy atom. The number of aromatic nitrogens is 6. The van der Waals surface area contributed by atoms with E-state index < -0.39 is 0 Å². The van der Waals surface area contributed by atoms with Gasteiger partial charge in [-0.05, 0) is 146 Å². The summed E-state index contributed by atoms with van der Waals surface area (Å²) in [5, 5.41) is 3.20. The van der Waals surface area contributed by atoms with Crippen LogP contribution in [0.25, 0.3) is 111 Å². The Hall–Kier alpha value is -8.56.